The molecule has 0 saturated carbocycles. The van der Waals surface area contributed by atoms with Crippen LogP contribution in [0, 0.1) is 5.82 Å². The van der Waals surface area contributed by atoms with E-state index in [1.807, 2.05) is 0 Å². The number of rotatable bonds is 6. The summed E-state index contributed by atoms with van der Waals surface area (Å²) in [5.74, 6) is -0.986. The predicted octanol–water partition coefficient (Wildman–Crippen LogP) is 3.90. The van der Waals surface area contributed by atoms with Gasteiger partial charge in [0, 0.05) is 21.2 Å². The van der Waals surface area contributed by atoms with E-state index in [0.717, 1.165) is 0 Å². The van der Waals surface area contributed by atoms with Crippen molar-refractivity contribution in [1.29, 1.82) is 0 Å². The highest BCUT2D eigenvalue weighted by molar-refractivity contribution is 7.21. The van der Waals surface area contributed by atoms with Crippen LogP contribution in [0.15, 0.2) is 42.5 Å². The highest BCUT2D eigenvalue weighted by Gasteiger charge is 2.22. The minimum absolute atomic E-state index is 0.00893. The molecule has 2 N–H and O–H groups in total. The number of ether oxygens (including phenoxy) is 2. The first-order valence-corrected chi connectivity index (χ1v) is 8.72. The zero-order chi connectivity index (χ0) is 18.7. The van der Waals surface area contributed by atoms with Crippen LogP contribution in [0.3, 0.4) is 0 Å². The van der Waals surface area contributed by atoms with Gasteiger partial charge in [0.05, 0.1) is 6.61 Å². The average molecular weight is 373 g/mol. The number of hydrogen-bond acceptors (Lipinski definition) is 5. The number of nitrogens with two attached hydrogens (primary N) is 1. The number of esters is 1. The van der Waals surface area contributed by atoms with E-state index in [2.05, 4.69) is 0 Å². The quantitative estimate of drug-likeness (QED) is 0.665. The van der Waals surface area contributed by atoms with Gasteiger partial charge >= 0.3 is 5.97 Å². The molecule has 1 heterocycles. The molecule has 3 rings (SSSR count). The van der Waals surface area contributed by atoms with Crippen LogP contribution in [0.25, 0.3) is 10.1 Å². The van der Waals surface area contributed by atoms with E-state index in [1.165, 1.54) is 29.5 Å². The second kappa shape index (κ2) is 7.53. The van der Waals surface area contributed by atoms with Gasteiger partial charge in [-0.2, -0.15) is 0 Å². The first-order chi connectivity index (χ1) is 12.5. The van der Waals surface area contributed by atoms with Gasteiger partial charge < -0.3 is 15.2 Å². The minimum Gasteiger partial charge on any atom is -0.489 e. The second-order valence-corrected chi connectivity index (χ2v) is 6.47. The fourth-order valence-electron chi connectivity index (χ4n) is 2.54. The molecule has 0 atom stereocenters. The number of benzene rings is 2. The summed E-state index contributed by atoms with van der Waals surface area (Å²) in [6.45, 7) is 1.93. The Labute approximate surface area is 153 Å². The van der Waals surface area contributed by atoms with E-state index in [-0.39, 0.29) is 13.2 Å². The van der Waals surface area contributed by atoms with Gasteiger partial charge in [0.1, 0.15) is 23.1 Å². The van der Waals surface area contributed by atoms with Crippen molar-refractivity contribution in [3.8, 4) is 5.75 Å². The monoisotopic (exact) mass is 373 g/mol. The number of hydrogen-bond donors (Lipinski definition) is 1. The molecule has 0 unspecified atom stereocenters. The number of primary amides is 1. The SMILES string of the molecule is CCOC(=O)c1sc2cccc(F)c2c1COc1ccc(C(N)=O)cc1. The normalized spacial score (nSPS) is 10.7. The molecular weight excluding hydrogens is 357 g/mol. The second-order valence-electron chi connectivity index (χ2n) is 5.42. The molecule has 0 aliphatic heterocycles. The molecule has 0 spiro atoms. The fraction of sp³-hybridized carbons (Fsp3) is 0.158. The van der Waals surface area contributed by atoms with Crippen molar-refractivity contribution in [2.24, 2.45) is 5.73 Å². The molecule has 0 radical (unpaired) electrons. The molecule has 0 saturated heterocycles. The summed E-state index contributed by atoms with van der Waals surface area (Å²) in [5.41, 5.74) is 6.01. The van der Waals surface area contributed by atoms with Crippen molar-refractivity contribution in [2.45, 2.75) is 13.5 Å². The average Bonchev–Trinajstić information content (AvgIpc) is 3.00. The van der Waals surface area contributed by atoms with Gasteiger partial charge in [0.25, 0.3) is 0 Å². The van der Waals surface area contributed by atoms with E-state index < -0.39 is 17.7 Å². The molecule has 0 bridgehead atoms. The fourth-order valence-corrected chi connectivity index (χ4v) is 3.65. The van der Waals surface area contributed by atoms with Gasteiger partial charge in [-0.15, -0.1) is 11.3 Å². The van der Waals surface area contributed by atoms with E-state index >= 15 is 0 Å². The summed E-state index contributed by atoms with van der Waals surface area (Å²) in [4.78, 5) is 23.7. The molecule has 0 aliphatic rings. The van der Waals surface area contributed by atoms with Crippen molar-refractivity contribution in [1.82, 2.24) is 0 Å². The number of fused-ring (bicyclic) bond motifs is 1. The van der Waals surface area contributed by atoms with Crippen LogP contribution in [0.2, 0.25) is 0 Å². The molecule has 3 aromatic rings. The molecule has 26 heavy (non-hydrogen) atoms. The lowest BCUT2D eigenvalue weighted by atomic mass is 10.1. The Balaban J connectivity index is 1.93. The molecule has 0 aliphatic carbocycles. The molecule has 0 fully saturated rings. The zero-order valence-electron chi connectivity index (χ0n) is 14.0. The number of thiophene rings is 1. The Morgan fingerprint density at radius 1 is 1.15 bits per heavy atom. The Kier molecular flexibility index (Phi) is 5.18. The third-order valence-electron chi connectivity index (χ3n) is 3.75. The van der Waals surface area contributed by atoms with Gasteiger partial charge in [0.2, 0.25) is 5.91 Å². The van der Waals surface area contributed by atoms with Gasteiger partial charge in [0.15, 0.2) is 0 Å². The third-order valence-corrected chi connectivity index (χ3v) is 4.92. The van der Waals surface area contributed by atoms with Crippen LogP contribution >= 0.6 is 11.3 Å². The first kappa shape index (κ1) is 17.9. The van der Waals surface area contributed by atoms with Crippen molar-refractivity contribution < 1.29 is 23.5 Å². The molecule has 1 aromatic heterocycles. The summed E-state index contributed by atoms with van der Waals surface area (Å²) in [7, 11) is 0. The summed E-state index contributed by atoms with van der Waals surface area (Å²) < 4.78 is 25.7. The molecular formula is C19H16FNO4S. The van der Waals surface area contributed by atoms with Gasteiger partial charge in [-0.25, -0.2) is 9.18 Å². The number of halogens is 1. The van der Waals surface area contributed by atoms with Gasteiger partial charge in [-0.05, 0) is 43.3 Å². The maximum Gasteiger partial charge on any atom is 0.348 e. The summed E-state index contributed by atoms with van der Waals surface area (Å²) in [5, 5.41) is 0.356. The highest BCUT2D eigenvalue weighted by Crippen LogP contribution is 2.34. The van der Waals surface area contributed by atoms with Crippen LogP contribution in [0.4, 0.5) is 4.39 Å². The Hall–Kier alpha value is -2.93. The van der Waals surface area contributed by atoms with Crippen molar-refractivity contribution >= 4 is 33.3 Å². The van der Waals surface area contributed by atoms with Crippen LogP contribution in [-0.4, -0.2) is 18.5 Å². The Bertz CT molecular complexity index is 966. The van der Waals surface area contributed by atoms with Crippen LogP contribution < -0.4 is 10.5 Å². The number of carbonyl (C=O) groups excluding carboxylic acids is 2. The summed E-state index contributed by atoms with van der Waals surface area (Å²) in [6.07, 6.45) is 0. The smallest absolute Gasteiger partial charge is 0.348 e. The molecule has 1 amide bonds. The van der Waals surface area contributed by atoms with Crippen molar-refractivity contribution in [2.75, 3.05) is 6.61 Å². The largest absolute Gasteiger partial charge is 0.489 e. The molecule has 134 valence electrons. The van der Waals surface area contributed by atoms with Gasteiger partial charge in [-0.3, -0.25) is 4.79 Å². The van der Waals surface area contributed by atoms with E-state index in [1.54, 1.807) is 31.2 Å². The lowest BCUT2D eigenvalue weighted by molar-refractivity contribution is 0.0529. The topological polar surface area (TPSA) is 78.6 Å². The summed E-state index contributed by atoms with van der Waals surface area (Å²) in [6, 6.07) is 10.9. The molecule has 2 aromatic carbocycles. The Morgan fingerprint density at radius 3 is 2.54 bits per heavy atom. The zero-order valence-corrected chi connectivity index (χ0v) is 14.8. The lowest BCUT2D eigenvalue weighted by Gasteiger charge is -2.08. The molecule has 5 nitrogen and oxygen atoms in total. The standard InChI is InChI=1S/C19H16FNO4S/c1-2-24-19(23)17-13(16-14(20)4-3-5-15(16)26-17)10-25-12-8-6-11(7-9-12)18(21)22/h3-9H,2,10H2,1H3,(H2,21,22). The summed E-state index contributed by atoms with van der Waals surface area (Å²) >= 11 is 1.17. The van der Waals surface area contributed by atoms with E-state index in [4.69, 9.17) is 15.2 Å². The predicted molar refractivity (Wildman–Crippen MR) is 97.0 cm³/mol. The molecule has 7 heteroatoms. The lowest BCUT2D eigenvalue weighted by Crippen LogP contribution is -2.10. The van der Waals surface area contributed by atoms with Crippen LogP contribution in [0.1, 0.15) is 32.5 Å². The number of carbonyl (C=O) groups is 2. The minimum atomic E-state index is -0.535. The van der Waals surface area contributed by atoms with E-state index in [0.29, 0.717) is 31.8 Å². The maximum atomic E-state index is 14.3. The maximum absolute atomic E-state index is 14.3. The van der Waals surface area contributed by atoms with Crippen molar-refractivity contribution in [3.63, 3.8) is 0 Å². The Morgan fingerprint density at radius 2 is 1.88 bits per heavy atom. The first-order valence-electron chi connectivity index (χ1n) is 7.91. The number of amides is 1. The van der Waals surface area contributed by atoms with Crippen molar-refractivity contribution in [3.05, 3.63) is 64.3 Å². The van der Waals surface area contributed by atoms with Crippen LogP contribution in [0.5, 0.6) is 5.75 Å². The van der Waals surface area contributed by atoms with Crippen LogP contribution in [-0.2, 0) is 11.3 Å². The third kappa shape index (κ3) is 3.52. The van der Waals surface area contributed by atoms with E-state index in [9.17, 15) is 14.0 Å². The van der Waals surface area contributed by atoms with Gasteiger partial charge in [-0.1, -0.05) is 6.07 Å². The highest BCUT2D eigenvalue weighted by atomic mass is 32.1.